The Labute approximate surface area is 185 Å². The highest BCUT2D eigenvalue weighted by Gasteiger charge is 2.38. The summed E-state index contributed by atoms with van der Waals surface area (Å²) in [7, 11) is 0. The van der Waals surface area contributed by atoms with E-state index in [0.29, 0.717) is 16.1 Å². The molecule has 1 aliphatic rings. The molecule has 1 fully saturated rings. The van der Waals surface area contributed by atoms with Crippen molar-refractivity contribution in [3.05, 3.63) is 76.8 Å². The number of aromatic nitrogens is 3. The molecule has 1 atom stereocenters. The second-order valence-corrected chi connectivity index (χ2v) is 7.94. The minimum atomic E-state index is -4.70. The second-order valence-electron chi connectivity index (χ2n) is 7.50. The molecule has 1 aliphatic heterocycles. The van der Waals surface area contributed by atoms with Crippen molar-refractivity contribution in [1.82, 2.24) is 19.5 Å². The lowest BCUT2D eigenvalue weighted by Crippen LogP contribution is -2.30. The number of nitrogens with zero attached hydrogens (tertiary/aromatic N) is 4. The number of alkyl halides is 3. The molecule has 1 saturated heterocycles. The minimum Gasteiger partial charge on any atom is -0.463 e. The van der Waals surface area contributed by atoms with E-state index >= 15 is 0 Å². The molecule has 10 heteroatoms. The van der Waals surface area contributed by atoms with Gasteiger partial charge in [-0.3, -0.25) is 4.79 Å². The molecule has 0 radical (unpaired) electrons. The van der Waals surface area contributed by atoms with E-state index in [1.54, 1.807) is 23.1 Å². The zero-order chi connectivity index (χ0) is 22.5. The van der Waals surface area contributed by atoms with E-state index < -0.39 is 17.8 Å². The van der Waals surface area contributed by atoms with Crippen LogP contribution in [0, 0.1) is 0 Å². The fraction of sp³-hybridized carbons (Fsp3) is 0.227. The Balaban J connectivity index is 1.60. The summed E-state index contributed by atoms with van der Waals surface area (Å²) in [6.07, 6.45) is -0.697. The number of hydrogen-bond acceptors (Lipinski definition) is 4. The SMILES string of the molecule is O=C(c1cnn2c(C(F)(F)F)cc(-c3ccco3)nc12)N1CCC[C@@H]1c1ccc(Cl)cc1. The van der Waals surface area contributed by atoms with Crippen molar-refractivity contribution in [2.24, 2.45) is 0 Å². The summed E-state index contributed by atoms with van der Waals surface area (Å²) in [4.78, 5) is 19.4. The lowest BCUT2D eigenvalue weighted by molar-refractivity contribution is -0.142. The Bertz CT molecular complexity index is 1280. The third-order valence-corrected chi connectivity index (χ3v) is 5.79. The number of furan rings is 1. The first-order valence-corrected chi connectivity index (χ1v) is 10.3. The van der Waals surface area contributed by atoms with Gasteiger partial charge in [-0.15, -0.1) is 0 Å². The van der Waals surface area contributed by atoms with E-state index in [-0.39, 0.29) is 28.7 Å². The zero-order valence-corrected chi connectivity index (χ0v) is 17.3. The number of hydrogen-bond donors (Lipinski definition) is 0. The molecule has 5 rings (SSSR count). The highest BCUT2D eigenvalue weighted by atomic mass is 35.5. The highest BCUT2D eigenvalue weighted by Crippen LogP contribution is 2.36. The molecular weight excluding hydrogens is 445 g/mol. The normalized spacial score (nSPS) is 16.8. The van der Waals surface area contributed by atoms with Gasteiger partial charge in [0.05, 0.1) is 18.5 Å². The summed E-state index contributed by atoms with van der Waals surface area (Å²) < 4.78 is 47.1. The quantitative estimate of drug-likeness (QED) is 0.397. The maximum atomic E-state index is 13.7. The van der Waals surface area contributed by atoms with Gasteiger partial charge in [-0.2, -0.15) is 18.3 Å². The summed E-state index contributed by atoms with van der Waals surface area (Å²) in [5.74, 6) is -0.257. The average Bonchev–Trinajstić information content (AvgIpc) is 3.52. The van der Waals surface area contributed by atoms with Gasteiger partial charge >= 0.3 is 6.18 Å². The standard InChI is InChI=1S/C22H16ClF3N4O2/c23-14-7-5-13(6-8-14)17-3-1-9-29(17)21(31)15-12-27-30-19(22(24,25)26)11-16(28-20(15)30)18-4-2-10-32-18/h2,4-8,10-12,17H,1,3,9H2/t17-/m1/s1. The predicted molar refractivity (Wildman–Crippen MR) is 110 cm³/mol. The molecule has 1 aromatic carbocycles. The summed E-state index contributed by atoms with van der Waals surface area (Å²) in [5, 5.41) is 4.43. The topological polar surface area (TPSA) is 63.6 Å². The molecule has 0 saturated carbocycles. The van der Waals surface area contributed by atoms with Crippen LogP contribution in [-0.4, -0.2) is 31.9 Å². The van der Waals surface area contributed by atoms with Crippen molar-refractivity contribution < 1.29 is 22.4 Å². The fourth-order valence-electron chi connectivity index (χ4n) is 4.06. The summed E-state index contributed by atoms with van der Waals surface area (Å²) in [6, 6.07) is 10.9. The third kappa shape index (κ3) is 3.52. The van der Waals surface area contributed by atoms with Crippen LogP contribution in [0.4, 0.5) is 13.2 Å². The smallest absolute Gasteiger partial charge is 0.433 e. The molecule has 32 heavy (non-hydrogen) atoms. The van der Waals surface area contributed by atoms with Gasteiger partial charge in [0.2, 0.25) is 0 Å². The molecule has 0 spiro atoms. The maximum absolute atomic E-state index is 13.7. The highest BCUT2D eigenvalue weighted by molar-refractivity contribution is 6.30. The maximum Gasteiger partial charge on any atom is 0.433 e. The summed E-state index contributed by atoms with van der Waals surface area (Å²) >= 11 is 5.97. The van der Waals surface area contributed by atoms with Crippen molar-refractivity contribution in [3.63, 3.8) is 0 Å². The van der Waals surface area contributed by atoms with Gasteiger partial charge in [0, 0.05) is 11.6 Å². The predicted octanol–water partition coefficient (Wildman–Crippen LogP) is 5.64. The number of carbonyl (C=O) groups excluding carboxylic acids is 1. The van der Waals surface area contributed by atoms with Crippen LogP contribution in [-0.2, 0) is 6.18 Å². The van der Waals surface area contributed by atoms with E-state index in [0.717, 1.165) is 30.7 Å². The van der Waals surface area contributed by atoms with Crippen LogP contribution in [0.15, 0.2) is 59.3 Å². The van der Waals surface area contributed by atoms with Gasteiger partial charge < -0.3 is 9.32 Å². The number of amides is 1. The minimum absolute atomic E-state index is 0.00442. The van der Waals surface area contributed by atoms with Crippen LogP contribution in [0.25, 0.3) is 17.1 Å². The third-order valence-electron chi connectivity index (χ3n) is 5.53. The number of halogens is 4. The molecule has 6 nitrogen and oxygen atoms in total. The van der Waals surface area contributed by atoms with Crippen LogP contribution in [0.2, 0.25) is 5.02 Å². The Morgan fingerprint density at radius 2 is 1.97 bits per heavy atom. The molecule has 0 bridgehead atoms. The van der Waals surface area contributed by atoms with E-state index in [2.05, 4.69) is 10.1 Å². The number of fused-ring (bicyclic) bond motifs is 1. The molecule has 0 aliphatic carbocycles. The van der Waals surface area contributed by atoms with Crippen molar-refractivity contribution in [3.8, 4) is 11.5 Å². The van der Waals surface area contributed by atoms with E-state index in [9.17, 15) is 18.0 Å². The van der Waals surface area contributed by atoms with Crippen molar-refractivity contribution in [2.75, 3.05) is 6.54 Å². The summed E-state index contributed by atoms with van der Waals surface area (Å²) in [6.45, 7) is 0.480. The lowest BCUT2D eigenvalue weighted by Gasteiger charge is -2.25. The Hall–Kier alpha value is -3.33. The summed E-state index contributed by atoms with van der Waals surface area (Å²) in [5.41, 5.74) is -0.316. The first-order valence-electron chi connectivity index (χ1n) is 9.89. The molecule has 0 unspecified atom stereocenters. The van der Waals surface area contributed by atoms with Gasteiger partial charge in [0.25, 0.3) is 5.91 Å². The Morgan fingerprint density at radius 1 is 1.19 bits per heavy atom. The number of likely N-dealkylation sites (tertiary alicyclic amines) is 1. The Kier molecular flexibility index (Phi) is 4.93. The molecule has 4 aromatic rings. The zero-order valence-electron chi connectivity index (χ0n) is 16.5. The molecule has 1 amide bonds. The number of benzene rings is 1. The first kappa shape index (κ1) is 20.6. The van der Waals surface area contributed by atoms with Gasteiger partial charge in [0.15, 0.2) is 17.1 Å². The second kappa shape index (κ2) is 7.67. The van der Waals surface area contributed by atoms with E-state index in [1.165, 1.54) is 12.3 Å². The molecule has 4 heterocycles. The van der Waals surface area contributed by atoms with Gasteiger partial charge in [0.1, 0.15) is 11.3 Å². The molecule has 164 valence electrons. The van der Waals surface area contributed by atoms with Crippen LogP contribution < -0.4 is 0 Å². The van der Waals surface area contributed by atoms with Gasteiger partial charge in [-0.05, 0) is 48.7 Å². The van der Waals surface area contributed by atoms with Crippen LogP contribution >= 0.6 is 11.6 Å². The van der Waals surface area contributed by atoms with Gasteiger partial charge in [-0.1, -0.05) is 23.7 Å². The number of rotatable bonds is 3. The molecule has 3 aromatic heterocycles. The average molecular weight is 461 g/mol. The van der Waals surface area contributed by atoms with Gasteiger partial charge in [-0.25, -0.2) is 9.50 Å². The number of carbonyl (C=O) groups is 1. The first-order chi connectivity index (χ1) is 15.3. The van der Waals surface area contributed by atoms with E-state index in [4.69, 9.17) is 16.0 Å². The van der Waals surface area contributed by atoms with E-state index in [1.807, 2.05) is 12.1 Å². The fourth-order valence-corrected chi connectivity index (χ4v) is 4.19. The lowest BCUT2D eigenvalue weighted by atomic mass is 10.0. The van der Waals surface area contributed by atoms with Crippen molar-refractivity contribution in [2.45, 2.75) is 25.1 Å². The van der Waals surface area contributed by atoms with Crippen LogP contribution in [0.1, 0.15) is 40.5 Å². The van der Waals surface area contributed by atoms with Crippen molar-refractivity contribution >= 4 is 23.2 Å². The van der Waals surface area contributed by atoms with Crippen LogP contribution in [0.5, 0.6) is 0 Å². The Morgan fingerprint density at radius 3 is 2.66 bits per heavy atom. The van der Waals surface area contributed by atoms with Crippen molar-refractivity contribution in [1.29, 1.82) is 0 Å². The molecular formula is C22H16ClF3N4O2. The monoisotopic (exact) mass is 460 g/mol. The van der Waals surface area contributed by atoms with Crippen LogP contribution in [0.3, 0.4) is 0 Å². The molecule has 0 N–H and O–H groups in total. The largest absolute Gasteiger partial charge is 0.463 e.